The zero-order chi connectivity index (χ0) is 14.7. The van der Waals surface area contributed by atoms with E-state index in [1.165, 1.54) is 0 Å². The molecule has 2 heterocycles. The molecule has 1 saturated heterocycles. The third-order valence-electron chi connectivity index (χ3n) is 4.09. The van der Waals surface area contributed by atoms with Crippen molar-refractivity contribution in [3.05, 3.63) is 24.2 Å². The molecule has 0 saturated carbocycles. The fourth-order valence-corrected chi connectivity index (χ4v) is 2.99. The smallest absolute Gasteiger partial charge is 0.239 e. The maximum Gasteiger partial charge on any atom is 0.239 e. The number of furan rings is 1. The number of likely N-dealkylation sites (N-methyl/N-ethyl adjacent to an activating group) is 1. The molecule has 0 aliphatic carbocycles. The first-order valence-electron chi connectivity index (χ1n) is 7.32. The monoisotopic (exact) mass is 279 g/mol. The van der Waals surface area contributed by atoms with Gasteiger partial charge in [0.2, 0.25) is 5.91 Å². The summed E-state index contributed by atoms with van der Waals surface area (Å²) in [6.07, 6.45) is 4.44. The van der Waals surface area contributed by atoms with Gasteiger partial charge in [0.15, 0.2) is 0 Å². The van der Waals surface area contributed by atoms with Gasteiger partial charge < -0.3 is 15.1 Å². The Morgan fingerprint density at radius 3 is 2.90 bits per heavy atom. The molecule has 1 fully saturated rings. The van der Waals surface area contributed by atoms with E-state index in [2.05, 4.69) is 11.8 Å². The summed E-state index contributed by atoms with van der Waals surface area (Å²) in [6.45, 7) is 2.96. The molecule has 1 aromatic heterocycles. The summed E-state index contributed by atoms with van der Waals surface area (Å²) in [5.74, 6) is 1.01. The fourth-order valence-electron chi connectivity index (χ4n) is 2.99. The molecule has 1 aromatic rings. The number of rotatable bonds is 5. The van der Waals surface area contributed by atoms with Crippen LogP contribution in [-0.4, -0.2) is 48.4 Å². The topological polar surface area (TPSA) is 62.7 Å². The summed E-state index contributed by atoms with van der Waals surface area (Å²) in [5.41, 5.74) is 6.30. The highest BCUT2D eigenvalue weighted by Gasteiger charge is 2.39. The largest absolute Gasteiger partial charge is 0.468 e. The predicted molar refractivity (Wildman–Crippen MR) is 78.1 cm³/mol. The summed E-state index contributed by atoms with van der Waals surface area (Å²) in [5, 5.41) is 0. The molecule has 0 radical (unpaired) electrons. The average molecular weight is 279 g/mol. The Balaban J connectivity index is 2.26. The second kappa shape index (κ2) is 6.41. The van der Waals surface area contributed by atoms with Crippen molar-refractivity contribution in [2.24, 2.45) is 5.73 Å². The molecular formula is C15H25N3O2. The fraction of sp³-hybridized carbons (Fsp3) is 0.667. The van der Waals surface area contributed by atoms with Crippen LogP contribution in [0, 0.1) is 0 Å². The van der Waals surface area contributed by atoms with Crippen molar-refractivity contribution < 1.29 is 9.21 Å². The van der Waals surface area contributed by atoms with Crippen LogP contribution in [0.4, 0.5) is 0 Å². The van der Waals surface area contributed by atoms with Gasteiger partial charge in [-0.15, -0.1) is 0 Å². The summed E-state index contributed by atoms with van der Waals surface area (Å²) in [7, 11) is 3.61. The first-order valence-corrected chi connectivity index (χ1v) is 7.32. The van der Waals surface area contributed by atoms with E-state index < -0.39 is 0 Å². The van der Waals surface area contributed by atoms with Crippen molar-refractivity contribution in [1.82, 2.24) is 9.80 Å². The van der Waals surface area contributed by atoms with Crippen molar-refractivity contribution in [2.45, 2.75) is 44.3 Å². The minimum Gasteiger partial charge on any atom is -0.468 e. The standard InChI is InChI=1S/C15H25N3O2/c1-4-11(16)14(13-8-6-10-20-13)18-9-5-7-12(18)15(19)17(2)3/h6,8,10-12,14H,4-5,7,9,16H2,1-3H3. The first-order chi connectivity index (χ1) is 9.56. The maximum atomic E-state index is 12.4. The lowest BCUT2D eigenvalue weighted by molar-refractivity contribution is -0.134. The number of likely N-dealkylation sites (tertiary alicyclic amines) is 1. The molecule has 1 amide bonds. The van der Waals surface area contributed by atoms with Gasteiger partial charge >= 0.3 is 0 Å². The van der Waals surface area contributed by atoms with E-state index >= 15 is 0 Å². The van der Waals surface area contributed by atoms with Crippen LogP contribution in [0.5, 0.6) is 0 Å². The van der Waals surface area contributed by atoms with Crippen molar-refractivity contribution in [1.29, 1.82) is 0 Å². The Bertz CT molecular complexity index is 430. The lowest BCUT2D eigenvalue weighted by atomic mass is 10.0. The molecule has 0 bridgehead atoms. The van der Waals surface area contributed by atoms with Crippen LogP contribution >= 0.6 is 0 Å². The van der Waals surface area contributed by atoms with E-state index in [9.17, 15) is 4.79 Å². The normalized spacial score (nSPS) is 22.7. The number of hydrogen-bond acceptors (Lipinski definition) is 4. The summed E-state index contributed by atoms with van der Waals surface area (Å²) >= 11 is 0. The van der Waals surface area contributed by atoms with Crippen LogP contribution < -0.4 is 5.73 Å². The van der Waals surface area contributed by atoms with Crippen LogP contribution in [0.2, 0.25) is 0 Å². The maximum absolute atomic E-state index is 12.4. The van der Waals surface area contributed by atoms with Gasteiger partial charge in [-0.1, -0.05) is 6.92 Å². The van der Waals surface area contributed by atoms with E-state index in [-0.39, 0.29) is 24.0 Å². The summed E-state index contributed by atoms with van der Waals surface area (Å²) < 4.78 is 5.57. The van der Waals surface area contributed by atoms with Gasteiger partial charge in [-0.3, -0.25) is 9.69 Å². The average Bonchev–Trinajstić information content (AvgIpc) is 3.09. The Kier molecular flexibility index (Phi) is 4.83. The highest BCUT2D eigenvalue weighted by Crippen LogP contribution is 2.33. The molecule has 0 spiro atoms. The third kappa shape index (κ3) is 2.88. The second-order valence-corrected chi connectivity index (χ2v) is 5.66. The number of nitrogens with two attached hydrogens (primary N) is 1. The molecule has 3 unspecified atom stereocenters. The van der Waals surface area contributed by atoms with E-state index in [4.69, 9.17) is 10.2 Å². The van der Waals surface area contributed by atoms with Gasteiger partial charge in [0, 0.05) is 20.1 Å². The zero-order valence-electron chi connectivity index (χ0n) is 12.6. The first kappa shape index (κ1) is 15.1. The highest BCUT2D eigenvalue weighted by molar-refractivity contribution is 5.81. The lowest BCUT2D eigenvalue weighted by Crippen LogP contribution is -2.48. The molecule has 0 aromatic carbocycles. The van der Waals surface area contributed by atoms with Gasteiger partial charge in [0.1, 0.15) is 5.76 Å². The molecule has 1 aliphatic heterocycles. The van der Waals surface area contributed by atoms with Gasteiger partial charge in [-0.25, -0.2) is 0 Å². The Hall–Kier alpha value is -1.33. The van der Waals surface area contributed by atoms with Gasteiger partial charge in [0.05, 0.1) is 18.3 Å². The Morgan fingerprint density at radius 2 is 2.35 bits per heavy atom. The van der Waals surface area contributed by atoms with Crippen molar-refractivity contribution in [2.75, 3.05) is 20.6 Å². The quantitative estimate of drug-likeness (QED) is 0.889. The van der Waals surface area contributed by atoms with Crippen molar-refractivity contribution in [3.8, 4) is 0 Å². The van der Waals surface area contributed by atoms with Crippen LogP contribution in [0.15, 0.2) is 22.8 Å². The molecule has 2 N–H and O–H groups in total. The lowest BCUT2D eigenvalue weighted by Gasteiger charge is -2.35. The van der Waals surface area contributed by atoms with Gasteiger partial charge in [-0.05, 0) is 37.9 Å². The van der Waals surface area contributed by atoms with Crippen LogP contribution in [0.1, 0.15) is 38.0 Å². The Morgan fingerprint density at radius 1 is 1.60 bits per heavy atom. The summed E-state index contributed by atoms with van der Waals surface area (Å²) in [4.78, 5) is 16.2. The number of carbonyl (C=O) groups is 1. The number of hydrogen-bond donors (Lipinski definition) is 1. The van der Waals surface area contributed by atoms with Crippen LogP contribution in [0.25, 0.3) is 0 Å². The molecule has 5 nitrogen and oxygen atoms in total. The number of amides is 1. The minimum atomic E-state index is -0.0855. The van der Waals surface area contributed by atoms with E-state index in [1.807, 2.05) is 12.1 Å². The molecule has 3 atom stereocenters. The van der Waals surface area contributed by atoms with Crippen molar-refractivity contribution >= 4 is 5.91 Å². The molecule has 5 heteroatoms. The molecule has 20 heavy (non-hydrogen) atoms. The minimum absolute atomic E-state index is 0.0219. The molecule has 1 aliphatic rings. The highest BCUT2D eigenvalue weighted by atomic mass is 16.3. The van der Waals surface area contributed by atoms with E-state index in [0.717, 1.165) is 31.6 Å². The van der Waals surface area contributed by atoms with E-state index in [1.54, 1.807) is 25.3 Å². The molecule has 112 valence electrons. The number of carbonyl (C=O) groups excluding carboxylic acids is 1. The SMILES string of the molecule is CCC(N)C(c1ccco1)N1CCCC1C(=O)N(C)C. The van der Waals surface area contributed by atoms with E-state index in [0.29, 0.717) is 0 Å². The van der Waals surface area contributed by atoms with Crippen molar-refractivity contribution in [3.63, 3.8) is 0 Å². The summed E-state index contributed by atoms with van der Waals surface area (Å²) in [6, 6.07) is 3.69. The van der Waals surface area contributed by atoms with Gasteiger partial charge in [-0.2, -0.15) is 0 Å². The van der Waals surface area contributed by atoms with Crippen LogP contribution in [0.3, 0.4) is 0 Å². The Labute approximate surface area is 120 Å². The van der Waals surface area contributed by atoms with Gasteiger partial charge in [0.25, 0.3) is 0 Å². The molecule has 2 rings (SSSR count). The number of nitrogens with zero attached hydrogens (tertiary/aromatic N) is 2. The predicted octanol–water partition coefficient (Wildman–Crippen LogP) is 1.61. The van der Waals surface area contributed by atoms with Crippen LogP contribution in [-0.2, 0) is 4.79 Å². The zero-order valence-corrected chi connectivity index (χ0v) is 12.6. The third-order valence-corrected chi connectivity index (χ3v) is 4.09. The molecular weight excluding hydrogens is 254 g/mol. The second-order valence-electron chi connectivity index (χ2n) is 5.66.